The van der Waals surface area contributed by atoms with Crippen LogP contribution in [-0.2, 0) is 14.3 Å². The van der Waals surface area contributed by atoms with Crippen molar-refractivity contribution in [3.8, 4) is 0 Å². The zero-order valence-electron chi connectivity index (χ0n) is 8.40. The molecule has 0 bridgehead atoms. The maximum atomic E-state index is 10.6. The van der Waals surface area contributed by atoms with Crippen molar-refractivity contribution in [1.29, 1.82) is 0 Å². The van der Waals surface area contributed by atoms with E-state index >= 15 is 0 Å². The highest BCUT2D eigenvalue weighted by Crippen LogP contribution is 1.96. The van der Waals surface area contributed by atoms with Crippen molar-refractivity contribution in [2.75, 3.05) is 0 Å². The number of ether oxygens (including phenoxy) is 1. The summed E-state index contributed by atoms with van der Waals surface area (Å²) in [5.74, 6) is -1.56. The topological polar surface area (TPSA) is 63.6 Å². The molecule has 0 saturated heterocycles. The maximum Gasteiger partial charge on any atom is 0.330 e. The van der Waals surface area contributed by atoms with E-state index in [1.165, 1.54) is 18.5 Å². The van der Waals surface area contributed by atoms with Crippen LogP contribution >= 0.6 is 11.6 Å². The van der Waals surface area contributed by atoms with E-state index in [0.29, 0.717) is 0 Å². The Morgan fingerprint density at radius 2 is 1.93 bits per heavy atom. The van der Waals surface area contributed by atoms with E-state index in [-0.39, 0.29) is 12.0 Å². The lowest BCUT2D eigenvalue weighted by molar-refractivity contribution is -0.136. The summed E-state index contributed by atoms with van der Waals surface area (Å²) in [5.41, 5.74) is 1.34. The van der Waals surface area contributed by atoms with Crippen LogP contribution in [0.4, 0.5) is 0 Å². The molecule has 0 aliphatic carbocycles. The lowest BCUT2D eigenvalue weighted by atomic mass is 10.2. The highest BCUT2D eigenvalue weighted by molar-refractivity contribution is 6.25. The number of hydrogen-bond donors (Lipinski definition) is 1. The Morgan fingerprint density at radius 3 is 2.27 bits per heavy atom. The first-order chi connectivity index (χ1) is 6.99. The number of carbonyl (C=O) groups is 2. The van der Waals surface area contributed by atoms with Gasteiger partial charge in [0, 0.05) is 5.57 Å². The minimum Gasteiger partial charge on any atom is -0.478 e. The van der Waals surface area contributed by atoms with Gasteiger partial charge in [0.15, 0.2) is 0 Å². The fourth-order valence-corrected chi connectivity index (χ4v) is 0.465. The minimum absolute atomic E-state index is 0.0514. The molecular weight excluding hydrogens is 220 g/mol. The second-order valence-corrected chi connectivity index (χ2v) is 2.52. The predicted molar refractivity (Wildman–Crippen MR) is 58.3 cm³/mol. The fourth-order valence-electron chi connectivity index (χ4n) is 0.465. The van der Waals surface area contributed by atoms with Crippen molar-refractivity contribution in [2.45, 2.75) is 13.3 Å². The number of carboxylic acid groups (broad SMARTS) is 1. The average Bonchev–Trinajstić information content (AvgIpc) is 2.15. The summed E-state index contributed by atoms with van der Waals surface area (Å²) in [7, 11) is 0. The molecule has 5 heteroatoms. The van der Waals surface area contributed by atoms with Gasteiger partial charge in [-0.15, -0.1) is 0 Å². The van der Waals surface area contributed by atoms with Gasteiger partial charge in [-0.2, -0.15) is 0 Å². The molecule has 0 unspecified atom stereocenters. The fraction of sp³-hybridized carbons (Fsp3) is 0.200. The van der Waals surface area contributed by atoms with Crippen LogP contribution in [0.2, 0.25) is 0 Å². The van der Waals surface area contributed by atoms with Gasteiger partial charge in [-0.05, 0) is 12.5 Å². The Bertz CT molecular complexity index is 269. The normalized spacial score (nSPS) is 9.33. The summed E-state index contributed by atoms with van der Waals surface area (Å²) < 4.78 is 4.36. The van der Waals surface area contributed by atoms with Crippen LogP contribution in [0.5, 0.6) is 0 Å². The molecule has 0 aliphatic heterocycles. The number of carbonyl (C=O) groups excluding carboxylic acids is 1. The van der Waals surface area contributed by atoms with Gasteiger partial charge < -0.3 is 9.84 Å². The first-order valence-corrected chi connectivity index (χ1v) is 4.34. The molecule has 84 valence electrons. The second kappa shape index (κ2) is 10.5. The smallest absolute Gasteiger partial charge is 0.330 e. The molecule has 15 heavy (non-hydrogen) atoms. The van der Waals surface area contributed by atoms with Gasteiger partial charge in [-0.1, -0.05) is 30.8 Å². The van der Waals surface area contributed by atoms with Crippen LogP contribution in [0.3, 0.4) is 0 Å². The predicted octanol–water partition coefficient (Wildman–Crippen LogP) is 2.46. The van der Waals surface area contributed by atoms with Crippen molar-refractivity contribution in [2.24, 2.45) is 0 Å². The van der Waals surface area contributed by atoms with E-state index in [0.717, 1.165) is 6.26 Å². The Labute approximate surface area is 93.5 Å². The lowest BCUT2D eigenvalue weighted by Gasteiger charge is -1.94. The van der Waals surface area contributed by atoms with E-state index in [1.807, 2.05) is 0 Å². The molecule has 0 atom stereocenters. The molecule has 1 N–H and O–H groups in total. The van der Waals surface area contributed by atoms with Gasteiger partial charge in [0.2, 0.25) is 0 Å². The molecule has 0 aromatic rings. The maximum absolute atomic E-state index is 10.6. The van der Waals surface area contributed by atoms with E-state index in [9.17, 15) is 9.59 Å². The SMILES string of the molecule is C=CCl.C=COC(=O)CC=C(C)C(=O)O. The summed E-state index contributed by atoms with van der Waals surface area (Å²) >= 11 is 4.76. The Morgan fingerprint density at radius 1 is 1.47 bits per heavy atom. The van der Waals surface area contributed by atoms with Crippen LogP contribution in [-0.4, -0.2) is 17.0 Å². The van der Waals surface area contributed by atoms with Gasteiger partial charge in [-0.3, -0.25) is 4.79 Å². The third-order valence-corrected chi connectivity index (χ3v) is 1.13. The highest BCUT2D eigenvalue weighted by atomic mass is 35.5. The zero-order valence-corrected chi connectivity index (χ0v) is 9.16. The largest absolute Gasteiger partial charge is 0.478 e. The molecular formula is C10H13ClO4. The first kappa shape index (κ1) is 15.9. The van der Waals surface area contributed by atoms with Crippen molar-refractivity contribution >= 4 is 23.5 Å². The van der Waals surface area contributed by atoms with Crippen LogP contribution in [0, 0.1) is 0 Å². The van der Waals surface area contributed by atoms with Gasteiger partial charge in [0.05, 0.1) is 12.7 Å². The summed E-state index contributed by atoms with van der Waals surface area (Å²) in [6.07, 6.45) is 2.24. The summed E-state index contributed by atoms with van der Waals surface area (Å²) in [6, 6.07) is 0. The van der Waals surface area contributed by atoms with Crippen LogP contribution < -0.4 is 0 Å². The van der Waals surface area contributed by atoms with Gasteiger partial charge in [0.1, 0.15) is 0 Å². The molecule has 0 spiro atoms. The second-order valence-electron chi connectivity index (χ2n) is 2.21. The molecule has 0 amide bonds. The molecule has 0 aromatic heterocycles. The quantitative estimate of drug-likeness (QED) is 0.459. The standard InChI is InChI=1S/C8H10O4.C2H3Cl/c1-3-12-7(9)5-4-6(2)8(10)11;1-2-3/h3-4H,1,5H2,2H3,(H,10,11);2H,1H2. The molecule has 0 saturated carbocycles. The molecule has 0 aromatic carbocycles. The number of esters is 1. The van der Waals surface area contributed by atoms with Crippen molar-refractivity contribution in [3.63, 3.8) is 0 Å². The summed E-state index contributed by atoms with van der Waals surface area (Å²) in [6.45, 7) is 7.72. The number of rotatable bonds is 4. The zero-order chi connectivity index (χ0) is 12.3. The van der Waals surface area contributed by atoms with E-state index in [1.54, 1.807) is 0 Å². The average molecular weight is 233 g/mol. The number of carboxylic acids is 1. The minimum atomic E-state index is -1.04. The molecule has 0 fully saturated rings. The molecule has 0 radical (unpaired) electrons. The van der Waals surface area contributed by atoms with Gasteiger partial charge >= 0.3 is 11.9 Å². The van der Waals surface area contributed by atoms with Crippen molar-refractivity contribution < 1.29 is 19.4 Å². The Balaban J connectivity index is 0. The number of aliphatic carboxylic acids is 1. The summed E-state index contributed by atoms with van der Waals surface area (Å²) in [5, 5.41) is 8.38. The third-order valence-electron chi connectivity index (χ3n) is 1.13. The van der Waals surface area contributed by atoms with Gasteiger partial charge in [-0.25, -0.2) is 4.79 Å². The Hall–Kier alpha value is -1.55. The van der Waals surface area contributed by atoms with Gasteiger partial charge in [0.25, 0.3) is 0 Å². The number of halogens is 1. The monoisotopic (exact) mass is 232 g/mol. The highest BCUT2D eigenvalue weighted by Gasteiger charge is 2.02. The molecule has 0 rings (SSSR count). The van der Waals surface area contributed by atoms with Crippen LogP contribution in [0.1, 0.15) is 13.3 Å². The first-order valence-electron chi connectivity index (χ1n) is 3.91. The van der Waals surface area contributed by atoms with Crippen LogP contribution in [0.25, 0.3) is 0 Å². The third kappa shape index (κ3) is 12.4. The molecule has 0 heterocycles. The summed E-state index contributed by atoms with van der Waals surface area (Å²) in [4.78, 5) is 20.9. The van der Waals surface area contributed by atoms with E-state index in [2.05, 4.69) is 17.9 Å². The number of hydrogen-bond acceptors (Lipinski definition) is 3. The Kier molecular flexibility index (Phi) is 11.2. The van der Waals surface area contributed by atoms with Crippen molar-refractivity contribution in [1.82, 2.24) is 0 Å². The lowest BCUT2D eigenvalue weighted by Crippen LogP contribution is -2.00. The molecule has 4 nitrogen and oxygen atoms in total. The van der Waals surface area contributed by atoms with E-state index in [4.69, 9.17) is 16.7 Å². The molecule has 0 aliphatic rings. The van der Waals surface area contributed by atoms with Crippen molar-refractivity contribution in [3.05, 3.63) is 36.6 Å². The van der Waals surface area contributed by atoms with E-state index < -0.39 is 11.9 Å². The van der Waals surface area contributed by atoms with Crippen LogP contribution in [0.15, 0.2) is 36.6 Å².